The minimum absolute atomic E-state index is 0.0745. The number of benzene rings is 1. The van der Waals surface area contributed by atoms with Gasteiger partial charge in [0.25, 0.3) is 0 Å². The maximum Gasteiger partial charge on any atom is 0.247 e. The summed E-state index contributed by atoms with van der Waals surface area (Å²) in [5, 5.41) is 15.3. The van der Waals surface area contributed by atoms with Crippen molar-refractivity contribution in [1.82, 2.24) is 24.7 Å². The molecule has 1 atom stereocenters. The van der Waals surface area contributed by atoms with Crippen LogP contribution in [0.25, 0.3) is 21.8 Å². The van der Waals surface area contributed by atoms with Crippen molar-refractivity contribution in [2.75, 3.05) is 42.6 Å². The highest BCUT2D eigenvalue weighted by Gasteiger charge is 2.41. The first-order valence-corrected chi connectivity index (χ1v) is 15.0. The molecular formula is C29H29Cl2FN8O2. The van der Waals surface area contributed by atoms with E-state index in [2.05, 4.69) is 21.1 Å². The minimum Gasteiger partial charge on any atom is -0.434 e. The van der Waals surface area contributed by atoms with Gasteiger partial charge in [0, 0.05) is 38.9 Å². The van der Waals surface area contributed by atoms with Gasteiger partial charge in [0.05, 0.1) is 34.0 Å². The molecule has 6 heterocycles. The Hall–Kier alpha value is -3.46. The van der Waals surface area contributed by atoms with Crippen molar-refractivity contribution in [3.05, 3.63) is 34.3 Å². The number of pyridine rings is 1. The number of ether oxygens (including phenoxy) is 2. The molecule has 13 heteroatoms. The van der Waals surface area contributed by atoms with E-state index in [9.17, 15) is 5.26 Å². The average molecular weight is 612 g/mol. The SMILES string of the molecule is CC1(C#N)CN(c2nc(N3CCCCC3)c3cc(Cl)nc(Oc4c(Cl)c(F)cc5c4cnn5C4CCCCO4)c3n2)C1. The van der Waals surface area contributed by atoms with Crippen LogP contribution in [0.15, 0.2) is 18.3 Å². The number of fused-ring (bicyclic) bond motifs is 2. The van der Waals surface area contributed by atoms with Crippen molar-refractivity contribution in [2.45, 2.75) is 51.7 Å². The zero-order valence-electron chi connectivity index (χ0n) is 23.1. The van der Waals surface area contributed by atoms with E-state index in [1.807, 2.05) is 11.8 Å². The van der Waals surface area contributed by atoms with Gasteiger partial charge in [-0.05, 0) is 51.5 Å². The van der Waals surface area contributed by atoms with Crippen molar-refractivity contribution in [2.24, 2.45) is 5.41 Å². The Morgan fingerprint density at radius 3 is 2.60 bits per heavy atom. The topological polar surface area (TPSA) is 105 Å². The number of hydrogen-bond donors (Lipinski definition) is 0. The van der Waals surface area contributed by atoms with Crippen molar-refractivity contribution in [1.29, 1.82) is 5.26 Å². The second-order valence-corrected chi connectivity index (χ2v) is 12.3. The van der Waals surface area contributed by atoms with Crippen molar-refractivity contribution < 1.29 is 13.9 Å². The maximum absolute atomic E-state index is 15.3. The molecule has 1 aromatic carbocycles. The zero-order valence-corrected chi connectivity index (χ0v) is 24.6. The molecule has 3 saturated heterocycles. The van der Waals surface area contributed by atoms with Crippen LogP contribution in [0.5, 0.6) is 11.6 Å². The third-order valence-electron chi connectivity index (χ3n) is 8.25. The van der Waals surface area contributed by atoms with Crippen LogP contribution in [0, 0.1) is 22.6 Å². The van der Waals surface area contributed by atoms with Crippen LogP contribution in [0.3, 0.4) is 0 Å². The van der Waals surface area contributed by atoms with Gasteiger partial charge in [0.2, 0.25) is 11.8 Å². The number of rotatable bonds is 5. The zero-order chi connectivity index (χ0) is 29.0. The number of aromatic nitrogens is 5. The molecule has 42 heavy (non-hydrogen) atoms. The second-order valence-electron chi connectivity index (χ2n) is 11.5. The fourth-order valence-electron chi connectivity index (χ4n) is 6.05. The molecule has 0 N–H and O–H groups in total. The Labute approximate surface area is 251 Å². The van der Waals surface area contributed by atoms with Gasteiger partial charge in [-0.1, -0.05) is 23.2 Å². The van der Waals surface area contributed by atoms with E-state index in [0.717, 1.165) is 57.4 Å². The summed E-state index contributed by atoms with van der Waals surface area (Å²) >= 11 is 13.1. The third-order valence-corrected chi connectivity index (χ3v) is 8.80. The summed E-state index contributed by atoms with van der Waals surface area (Å²) in [4.78, 5) is 18.5. The smallest absolute Gasteiger partial charge is 0.247 e. The van der Waals surface area contributed by atoms with E-state index in [0.29, 0.717) is 47.5 Å². The van der Waals surface area contributed by atoms with Crippen LogP contribution in [-0.4, -0.2) is 57.5 Å². The lowest BCUT2D eigenvalue weighted by atomic mass is 9.84. The van der Waals surface area contributed by atoms with Crippen LogP contribution in [0.1, 0.15) is 51.7 Å². The monoisotopic (exact) mass is 610 g/mol. The molecule has 1 unspecified atom stereocenters. The highest BCUT2D eigenvalue weighted by molar-refractivity contribution is 6.33. The normalized spacial score (nSPS) is 20.5. The molecule has 3 fully saturated rings. The summed E-state index contributed by atoms with van der Waals surface area (Å²) in [6, 6.07) is 5.45. The summed E-state index contributed by atoms with van der Waals surface area (Å²) < 4.78 is 29.2. The first-order valence-electron chi connectivity index (χ1n) is 14.3. The van der Waals surface area contributed by atoms with Crippen LogP contribution in [0.4, 0.5) is 16.2 Å². The van der Waals surface area contributed by atoms with Gasteiger partial charge >= 0.3 is 0 Å². The fourth-order valence-corrected chi connectivity index (χ4v) is 6.43. The summed E-state index contributed by atoms with van der Waals surface area (Å²) in [6.07, 6.45) is 7.30. The maximum atomic E-state index is 15.3. The molecule has 3 aromatic heterocycles. The lowest BCUT2D eigenvalue weighted by Crippen LogP contribution is -2.54. The fraction of sp³-hybridized carbons (Fsp3) is 0.483. The Morgan fingerprint density at radius 1 is 1.05 bits per heavy atom. The molecule has 0 aliphatic carbocycles. The van der Waals surface area contributed by atoms with Crippen molar-refractivity contribution in [3.63, 3.8) is 0 Å². The van der Waals surface area contributed by atoms with Crippen LogP contribution in [0.2, 0.25) is 10.2 Å². The van der Waals surface area contributed by atoms with E-state index in [4.69, 9.17) is 42.6 Å². The third kappa shape index (κ3) is 4.75. The minimum atomic E-state index is -0.649. The molecule has 0 amide bonds. The van der Waals surface area contributed by atoms with Gasteiger partial charge in [-0.15, -0.1) is 0 Å². The van der Waals surface area contributed by atoms with Crippen LogP contribution >= 0.6 is 23.2 Å². The Bertz CT molecular complexity index is 1720. The number of halogens is 3. The number of piperidine rings is 1. The molecule has 10 nitrogen and oxygen atoms in total. The number of nitrogens with zero attached hydrogens (tertiary/aromatic N) is 8. The van der Waals surface area contributed by atoms with Gasteiger partial charge < -0.3 is 19.3 Å². The van der Waals surface area contributed by atoms with Crippen molar-refractivity contribution >= 4 is 56.8 Å². The summed E-state index contributed by atoms with van der Waals surface area (Å²) in [7, 11) is 0. The van der Waals surface area contributed by atoms with Gasteiger partial charge in [-0.25, -0.2) is 14.1 Å². The predicted molar refractivity (Wildman–Crippen MR) is 158 cm³/mol. The summed E-state index contributed by atoms with van der Waals surface area (Å²) in [5.41, 5.74) is 0.460. The van der Waals surface area contributed by atoms with Crippen molar-refractivity contribution in [3.8, 4) is 17.7 Å². The molecule has 4 aromatic rings. The molecule has 0 spiro atoms. The first kappa shape index (κ1) is 27.4. The molecular weight excluding hydrogens is 582 g/mol. The highest BCUT2D eigenvalue weighted by Crippen LogP contribution is 2.43. The standard InChI is InChI=1S/C29H29Cl2FN8O2/c1-29(14-33)15-39(16-29)28-36-24-17(26(37-28)38-8-4-2-5-9-38)11-21(30)35-27(24)42-25-18-13-34-40(22-7-3-6-10-41-22)20(18)12-19(32)23(25)31/h11-13,22H,2-10,15-16H2,1H3. The molecule has 0 radical (unpaired) electrons. The second kappa shape index (κ2) is 10.7. The van der Waals surface area contributed by atoms with Crippen LogP contribution < -0.4 is 14.5 Å². The molecule has 3 aliphatic rings. The van der Waals surface area contributed by atoms with E-state index < -0.39 is 11.2 Å². The van der Waals surface area contributed by atoms with Gasteiger partial charge in [-0.3, -0.25) is 0 Å². The molecule has 0 saturated carbocycles. The van der Waals surface area contributed by atoms with Crippen LogP contribution in [-0.2, 0) is 4.74 Å². The first-order chi connectivity index (χ1) is 20.3. The lowest BCUT2D eigenvalue weighted by molar-refractivity contribution is -0.0366. The van der Waals surface area contributed by atoms with Gasteiger partial charge in [0.15, 0.2) is 12.0 Å². The van der Waals surface area contributed by atoms with E-state index in [1.165, 1.54) is 6.07 Å². The quantitative estimate of drug-likeness (QED) is 0.229. The highest BCUT2D eigenvalue weighted by atomic mass is 35.5. The largest absolute Gasteiger partial charge is 0.434 e. The Morgan fingerprint density at radius 2 is 1.86 bits per heavy atom. The number of nitriles is 1. The molecule has 218 valence electrons. The lowest BCUT2D eigenvalue weighted by Gasteiger charge is -2.43. The summed E-state index contributed by atoms with van der Waals surface area (Å²) in [6.45, 7) is 5.24. The van der Waals surface area contributed by atoms with E-state index in [1.54, 1.807) is 16.9 Å². The summed E-state index contributed by atoms with van der Waals surface area (Å²) in [5.74, 6) is 0.711. The number of anilines is 2. The van der Waals surface area contributed by atoms with E-state index in [-0.39, 0.29) is 28.0 Å². The van der Waals surface area contributed by atoms with Gasteiger partial charge in [0.1, 0.15) is 27.3 Å². The Balaban J connectivity index is 1.36. The predicted octanol–water partition coefficient (Wildman–Crippen LogP) is 6.65. The molecule has 0 bridgehead atoms. The number of hydrogen-bond acceptors (Lipinski definition) is 9. The molecule has 3 aliphatic heterocycles. The Kier molecular flexibility index (Phi) is 6.95. The molecule has 7 rings (SSSR count). The van der Waals surface area contributed by atoms with E-state index >= 15 is 4.39 Å². The van der Waals surface area contributed by atoms with Gasteiger partial charge in [-0.2, -0.15) is 20.3 Å². The average Bonchev–Trinajstić information content (AvgIpc) is 3.41.